The van der Waals surface area contributed by atoms with Gasteiger partial charge in [-0.3, -0.25) is 4.98 Å². The summed E-state index contributed by atoms with van der Waals surface area (Å²) in [6.45, 7) is 0. The van der Waals surface area contributed by atoms with Gasteiger partial charge < -0.3 is 5.73 Å². The predicted octanol–water partition coefficient (Wildman–Crippen LogP) is 3.11. The van der Waals surface area contributed by atoms with E-state index < -0.39 is 0 Å². The molecule has 0 bridgehead atoms. The summed E-state index contributed by atoms with van der Waals surface area (Å²) >= 11 is 6.00. The molecule has 0 amide bonds. The van der Waals surface area contributed by atoms with Crippen LogP contribution in [0.25, 0.3) is 28.0 Å². The van der Waals surface area contributed by atoms with Crippen LogP contribution in [-0.4, -0.2) is 25.2 Å². The van der Waals surface area contributed by atoms with Crippen LogP contribution in [0.1, 0.15) is 0 Å². The fourth-order valence-corrected chi connectivity index (χ4v) is 2.63. The zero-order valence-corrected chi connectivity index (χ0v) is 12.6. The minimum atomic E-state index is 0.540. The molecule has 2 N–H and O–H groups in total. The van der Waals surface area contributed by atoms with E-state index >= 15 is 0 Å². The number of nitrogen functional groups attached to an aromatic ring is 1. The van der Waals surface area contributed by atoms with Crippen molar-refractivity contribution in [1.29, 1.82) is 0 Å². The zero-order valence-electron chi connectivity index (χ0n) is 11.9. The molecule has 4 aromatic rings. The lowest BCUT2D eigenvalue weighted by Gasteiger charge is -2.09. The Morgan fingerprint density at radius 3 is 2.70 bits per heavy atom. The zero-order chi connectivity index (χ0) is 15.8. The number of benzene rings is 2. The quantitative estimate of drug-likeness (QED) is 0.613. The molecule has 0 aliphatic carbocycles. The van der Waals surface area contributed by atoms with Crippen molar-refractivity contribution in [2.75, 3.05) is 5.73 Å². The molecule has 0 atom stereocenters. The highest BCUT2D eigenvalue weighted by molar-refractivity contribution is 6.31. The maximum absolute atomic E-state index is 6.32. The average Bonchev–Trinajstić information content (AvgIpc) is 3.05. The molecule has 0 spiro atoms. The van der Waals surface area contributed by atoms with Gasteiger partial charge in [-0.15, -0.1) is 5.10 Å². The van der Waals surface area contributed by atoms with Crippen LogP contribution in [0.3, 0.4) is 0 Å². The van der Waals surface area contributed by atoms with Gasteiger partial charge in [0.15, 0.2) is 5.82 Å². The first-order valence-corrected chi connectivity index (χ1v) is 7.30. The van der Waals surface area contributed by atoms with Crippen molar-refractivity contribution in [3.63, 3.8) is 0 Å². The van der Waals surface area contributed by atoms with E-state index in [0.29, 0.717) is 22.1 Å². The third-order valence-corrected chi connectivity index (χ3v) is 3.82. The SMILES string of the molecule is Nc1c(-c2nnnn2-c2ccccc2)cnc2cc(Cl)ccc12. The molecule has 112 valence electrons. The highest BCUT2D eigenvalue weighted by atomic mass is 35.5. The van der Waals surface area contributed by atoms with Gasteiger partial charge in [0, 0.05) is 16.6 Å². The molecular formula is C16H11ClN6. The molecule has 0 saturated carbocycles. The molecule has 6 nitrogen and oxygen atoms in total. The van der Waals surface area contributed by atoms with Crippen LogP contribution in [0, 0.1) is 0 Å². The second kappa shape index (κ2) is 5.33. The van der Waals surface area contributed by atoms with E-state index in [9.17, 15) is 0 Å². The van der Waals surface area contributed by atoms with E-state index in [1.165, 1.54) is 0 Å². The van der Waals surface area contributed by atoms with Crippen LogP contribution in [0.5, 0.6) is 0 Å². The number of nitrogens with zero attached hydrogens (tertiary/aromatic N) is 5. The van der Waals surface area contributed by atoms with Gasteiger partial charge in [0.1, 0.15) is 0 Å². The van der Waals surface area contributed by atoms with Crippen LogP contribution < -0.4 is 5.73 Å². The molecule has 2 aromatic carbocycles. The van der Waals surface area contributed by atoms with Gasteiger partial charge in [-0.2, -0.15) is 4.68 Å². The number of nitrogens with two attached hydrogens (primary N) is 1. The van der Waals surface area contributed by atoms with Crippen LogP contribution in [-0.2, 0) is 0 Å². The van der Waals surface area contributed by atoms with Crippen molar-refractivity contribution in [1.82, 2.24) is 25.2 Å². The van der Waals surface area contributed by atoms with E-state index in [4.69, 9.17) is 17.3 Å². The Bertz CT molecular complexity index is 996. The number of tetrazole rings is 1. The molecular weight excluding hydrogens is 312 g/mol. The highest BCUT2D eigenvalue weighted by Crippen LogP contribution is 2.31. The number of halogens is 1. The smallest absolute Gasteiger partial charge is 0.190 e. The first kappa shape index (κ1) is 13.7. The fourth-order valence-electron chi connectivity index (χ4n) is 2.46. The Balaban J connectivity index is 1.93. The number of fused-ring (bicyclic) bond motifs is 1. The van der Waals surface area contributed by atoms with Gasteiger partial charge in [0.05, 0.1) is 22.5 Å². The molecule has 23 heavy (non-hydrogen) atoms. The maximum Gasteiger partial charge on any atom is 0.190 e. The standard InChI is InChI=1S/C16H11ClN6/c17-10-6-7-12-14(8-10)19-9-13(15(12)18)16-20-21-22-23(16)11-4-2-1-3-5-11/h1-9H,(H2,18,19). The lowest BCUT2D eigenvalue weighted by Crippen LogP contribution is -2.02. The first-order valence-electron chi connectivity index (χ1n) is 6.92. The normalized spacial score (nSPS) is 11.0. The Morgan fingerprint density at radius 1 is 1.04 bits per heavy atom. The number of hydrogen-bond acceptors (Lipinski definition) is 5. The minimum Gasteiger partial charge on any atom is -0.398 e. The molecule has 0 aliphatic heterocycles. The second-order valence-electron chi connectivity index (χ2n) is 5.00. The molecule has 4 rings (SSSR count). The number of aromatic nitrogens is 5. The van der Waals surface area contributed by atoms with Crippen molar-refractivity contribution in [2.24, 2.45) is 0 Å². The third kappa shape index (κ3) is 2.29. The average molecular weight is 323 g/mol. The Labute approximate surface area is 136 Å². The molecule has 0 aliphatic rings. The van der Waals surface area contributed by atoms with Crippen LogP contribution >= 0.6 is 11.6 Å². The second-order valence-corrected chi connectivity index (χ2v) is 5.43. The summed E-state index contributed by atoms with van der Waals surface area (Å²) in [4.78, 5) is 4.42. The largest absolute Gasteiger partial charge is 0.398 e. The van der Waals surface area contributed by atoms with Gasteiger partial charge in [-0.25, -0.2) is 0 Å². The van der Waals surface area contributed by atoms with E-state index in [-0.39, 0.29) is 0 Å². The van der Waals surface area contributed by atoms with Gasteiger partial charge in [0.25, 0.3) is 0 Å². The van der Waals surface area contributed by atoms with E-state index in [2.05, 4.69) is 20.5 Å². The third-order valence-electron chi connectivity index (χ3n) is 3.58. The van der Waals surface area contributed by atoms with E-state index in [1.54, 1.807) is 23.0 Å². The minimum absolute atomic E-state index is 0.540. The van der Waals surface area contributed by atoms with Gasteiger partial charge in [0.2, 0.25) is 0 Å². The fraction of sp³-hybridized carbons (Fsp3) is 0. The number of hydrogen-bond donors (Lipinski definition) is 1. The van der Waals surface area contributed by atoms with Crippen LogP contribution in [0.15, 0.2) is 54.7 Å². The Kier molecular flexibility index (Phi) is 3.17. The Hall–Kier alpha value is -2.99. The summed E-state index contributed by atoms with van der Waals surface area (Å²) in [6.07, 6.45) is 1.67. The number of rotatable bonds is 2. The summed E-state index contributed by atoms with van der Waals surface area (Å²) < 4.78 is 1.63. The van der Waals surface area contributed by atoms with Crippen molar-refractivity contribution < 1.29 is 0 Å². The molecule has 0 fully saturated rings. The Morgan fingerprint density at radius 2 is 1.87 bits per heavy atom. The molecule has 2 aromatic heterocycles. The highest BCUT2D eigenvalue weighted by Gasteiger charge is 2.16. The molecule has 7 heteroatoms. The molecule has 0 saturated heterocycles. The van der Waals surface area contributed by atoms with E-state index in [0.717, 1.165) is 16.6 Å². The lowest BCUT2D eigenvalue weighted by molar-refractivity contribution is 0.791. The molecule has 0 unspecified atom stereocenters. The van der Waals surface area contributed by atoms with Crippen molar-refractivity contribution in [3.8, 4) is 17.1 Å². The summed E-state index contributed by atoms with van der Waals surface area (Å²) in [5, 5.41) is 13.4. The van der Waals surface area contributed by atoms with Gasteiger partial charge >= 0.3 is 0 Å². The molecule has 0 radical (unpaired) electrons. The van der Waals surface area contributed by atoms with Crippen LogP contribution in [0.4, 0.5) is 5.69 Å². The summed E-state index contributed by atoms with van der Waals surface area (Å²) in [7, 11) is 0. The predicted molar refractivity (Wildman–Crippen MR) is 89.3 cm³/mol. The van der Waals surface area contributed by atoms with Crippen molar-refractivity contribution in [2.45, 2.75) is 0 Å². The summed E-state index contributed by atoms with van der Waals surface area (Å²) in [6, 6.07) is 15.0. The lowest BCUT2D eigenvalue weighted by atomic mass is 10.1. The monoisotopic (exact) mass is 322 g/mol. The van der Waals surface area contributed by atoms with E-state index in [1.807, 2.05) is 36.4 Å². The maximum atomic E-state index is 6.32. The first-order chi connectivity index (χ1) is 11.2. The van der Waals surface area contributed by atoms with Crippen LogP contribution in [0.2, 0.25) is 5.02 Å². The van der Waals surface area contributed by atoms with Crippen molar-refractivity contribution >= 4 is 28.2 Å². The van der Waals surface area contributed by atoms with Gasteiger partial charge in [-0.1, -0.05) is 29.8 Å². The summed E-state index contributed by atoms with van der Waals surface area (Å²) in [5.41, 5.74) is 9.14. The van der Waals surface area contributed by atoms with Gasteiger partial charge in [-0.05, 0) is 40.8 Å². The molecule has 2 heterocycles. The van der Waals surface area contributed by atoms with Crippen molar-refractivity contribution in [3.05, 3.63) is 59.8 Å². The number of pyridine rings is 1. The topological polar surface area (TPSA) is 82.5 Å². The summed E-state index contributed by atoms with van der Waals surface area (Å²) in [5.74, 6) is 0.540. The number of para-hydroxylation sites is 1. The number of anilines is 1.